The molecular weight excluding hydrogens is 316 g/mol. The van der Waals surface area contributed by atoms with Crippen molar-refractivity contribution in [2.24, 2.45) is 0 Å². The van der Waals surface area contributed by atoms with Gasteiger partial charge in [-0.2, -0.15) is 0 Å². The maximum atomic E-state index is 11.2. The van der Waals surface area contributed by atoms with Crippen LogP contribution >= 0.6 is 0 Å². The minimum atomic E-state index is -1.16. The van der Waals surface area contributed by atoms with Crippen LogP contribution in [-0.4, -0.2) is 16.2 Å². The summed E-state index contributed by atoms with van der Waals surface area (Å²) in [4.78, 5) is 11.2. The Balaban J connectivity index is 1.75. The lowest BCUT2D eigenvalue weighted by atomic mass is 10.0. The van der Waals surface area contributed by atoms with E-state index >= 15 is 0 Å². The van der Waals surface area contributed by atoms with Crippen LogP contribution in [0.4, 0.5) is 0 Å². The number of benzene rings is 3. The molecule has 0 radical (unpaired) electrons. The van der Waals surface area contributed by atoms with Gasteiger partial charge in [-0.15, -0.1) is 0 Å². The predicted octanol–water partition coefficient (Wildman–Crippen LogP) is 4.64. The molecule has 25 heavy (non-hydrogen) atoms. The third-order valence-corrected chi connectivity index (χ3v) is 3.92. The molecular formula is C21H18O4. The second kappa shape index (κ2) is 7.09. The molecule has 0 aliphatic carbocycles. The zero-order valence-corrected chi connectivity index (χ0v) is 13.8. The quantitative estimate of drug-likeness (QED) is 0.713. The highest BCUT2D eigenvalue weighted by atomic mass is 16.5. The van der Waals surface area contributed by atoms with Crippen molar-refractivity contribution in [1.82, 2.24) is 0 Å². The van der Waals surface area contributed by atoms with E-state index in [0.29, 0.717) is 11.3 Å². The number of rotatable bonds is 5. The fourth-order valence-corrected chi connectivity index (χ4v) is 2.66. The Morgan fingerprint density at radius 3 is 2.24 bits per heavy atom. The summed E-state index contributed by atoms with van der Waals surface area (Å²) < 4.78 is 5.70. The lowest BCUT2D eigenvalue weighted by Crippen LogP contribution is -2.03. The van der Waals surface area contributed by atoms with Gasteiger partial charge in [-0.3, -0.25) is 0 Å². The van der Waals surface area contributed by atoms with E-state index in [2.05, 4.69) is 0 Å². The van der Waals surface area contributed by atoms with Crippen LogP contribution in [-0.2, 0) is 6.61 Å². The molecule has 0 aromatic heterocycles. The number of aromatic carboxylic acids is 1. The average molecular weight is 334 g/mol. The van der Waals surface area contributed by atoms with Crippen LogP contribution in [0, 0.1) is 6.92 Å². The maximum absolute atomic E-state index is 11.2. The molecule has 0 fully saturated rings. The van der Waals surface area contributed by atoms with E-state index in [1.807, 2.05) is 54.6 Å². The number of hydrogen-bond donors (Lipinski definition) is 2. The topological polar surface area (TPSA) is 66.8 Å². The minimum absolute atomic E-state index is 0.0957. The number of hydrogen-bond acceptors (Lipinski definition) is 3. The molecule has 0 saturated heterocycles. The van der Waals surface area contributed by atoms with Gasteiger partial charge >= 0.3 is 5.97 Å². The first-order valence-corrected chi connectivity index (χ1v) is 7.88. The first-order valence-electron chi connectivity index (χ1n) is 7.88. The molecule has 0 spiro atoms. The second-order valence-corrected chi connectivity index (χ2v) is 5.80. The van der Waals surface area contributed by atoms with Gasteiger partial charge in [-0.1, -0.05) is 42.5 Å². The minimum Gasteiger partial charge on any atom is -0.507 e. The fraction of sp³-hybridized carbons (Fsp3) is 0.0952. The normalized spacial score (nSPS) is 10.4. The smallest absolute Gasteiger partial charge is 0.339 e. The Kier molecular flexibility index (Phi) is 4.70. The fourth-order valence-electron chi connectivity index (χ4n) is 2.66. The van der Waals surface area contributed by atoms with Crippen molar-refractivity contribution in [3.8, 4) is 22.6 Å². The van der Waals surface area contributed by atoms with Gasteiger partial charge in [0, 0.05) is 5.56 Å². The van der Waals surface area contributed by atoms with Crippen molar-refractivity contribution in [3.63, 3.8) is 0 Å². The lowest BCUT2D eigenvalue weighted by Gasteiger charge is -2.11. The van der Waals surface area contributed by atoms with Crippen molar-refractivity contribution in [3.05, 3.63) is 83.4 Å². The van der Waals surface area contributed by atoms with Crippen LogP contribution in [0.2, 0.25) is 0 Å². The SMILES string of the molecule is Cc1cc(COc2ccc(-c3ccccc3)cc2)c(O)c(C(=O)O)c1. The summed E-state index contributed by atoms with van der Waals surface area (Å²) in [6.07, 6.45) is 0. The molecule has 4 heteroatoms. The summed E-state index contributed by atoms with van der Waals surface area (Å²) in [5.74, 6) is -0.758. The highest BCUT2D eigenvalue weighted by molar-refractivity contribution is 5.91. The third-order valence-electron chi connectivity index (χ3n) is 3.92. The first kappa shape index (κ1) is 16.6. The molecule has 0 heterocycles. The number of aromatic hydroxyl groups is 1. The molecule has 0 aliphatic rings. The Hall–Kier alpha value is -3.27. The van der Waals surface area contributed by atoms with E-state index in [0.717, 1.165) is 16.7 Å². The van der Waals surface area contributed by atoms with Gasteiger partial charge in [-0.05, 0) is 47.9 Å². The molecule has 0 unspecified atom stereocenters. The van der Waals surface area contributed by atoms with Crippen LogP contribution in [0.25, 0.3) is 11.1 Å². The zero-order valence-electron chi connectivity index (χ0n) is 13.8. The van der Waals surface area contributed by atoms with Crippen LogP contribution in [0.1, 0.15) is 21.5 Å². The number of carbonyl (C=O) groups is 1. The summed E-state index contributed by atoms with van der Waals surface area (Å²) >= 11 is 0. The Morgan fingerprint density at radius 1 is 0.960 bits per heavy atom. The van der Waals surface area contributed by atoms with Crippen LogP contribution < -0.4 is 4.74 Å². The van der Waals surface area contributed by atoms with E-state index in [4.69, 9.17) is 9.84 Å². The van der Waals surface area contributed by atoms with Gasteiger partial charge in [0.15, 0.2) is 0 Å². The van der Waals surface area contributed by atoms with Crippen molar-refractivity contribution in [2.75, 3.05) is 0 Å². The standard InChI is InChI=1S/C21H18O4/c1-14-11-17(20(22)19(12-14)21(23)24)13-25-18-9-7-16(8-10-18)15-5-3-2-4-6-15/h2-12,22H,13H2,1H3,(H,23,24). The van der Waals surface area contributed by atoms with Crippen LogP contribution in [0.15, 0.2) is 66.7 Å². The second-order valence-electron chi connectivity index (χ2n) is 5.80. The molecule has 3 aromatic rings. The van der Waals surface area contributed by atoms with Gasteiger partial charge in [-0.25, -0.2) is 4.79 Å². The molecule has 4 nitrogen and oxygen atoms in total. The van der Waals surface area contributed by atoms with Crippen molar-refractivity contribution < 1.29 is 19.7 Å². The summed E-state index contributed by atoms with van der Waals surface area (Å²) in [6.45, 7) is 1.88. The van der Waals surface area contributed by atoms with E-state index in [9.17, 15) is 9.90 Å². The van der Waals surface area contributed by atoms with E-state index in [-0.39, 0.29) is 17.9 Å². The number of ether oxygens (including phenoxy) is 1. The average Bonchev–Trinajstić information content (AvgIpc) is 2.63. The zero-order chi connectivity index (χ0) is 17.8. The van der Waals surface area contributed by atoms with Gasteiger partial charge in [0.05, 0.1) is 0 Å². The first-order chi connectivity index (χ1) is 12.0. The van der Waals surface area contributed by atoms with Gasteiger partial charge in [0.2, 0.25) is 0 Å². The number of carboxylic acid groups (broad SMARTS) is 1. The van der Waals surface area contributed by atoms with E-state index < -0.39 is 5.97 Å². The molecule has 0 bridgehead atoms. The Bertz CT molecular complexity index is 884. The van der Waals surface area contributed by atoms with Gasteiger partial charge in [0.1, 0.15) is 23.7 Å². The largest absolute Gasteiger partial charge is 0.507 e. The van der Waals surface area contributed by atoms with Crippen molar-refractivity contribution in [1.29, 1.82) is 0 Å². The maximum Gasteiger partial charge on any atom is 0.339 e. The summed E-state index contributed by atoms with van der Waals surface area (Å²) in [5, 5.41) is 19.2. The molecule has 3 rings (SSSR count). The molecule has 3 aromatic carbocycles. The molecule has 0 atom stereocenters. The predicted molar refractivity (Wildman–Crippen MR) is 96.0 cm³/mol. The van der Waals surface area contributed by atoms with Gasteiger partial charge < -0.3 is 14.9 Å². The number of aryl methyl sites for hydroxylation is 1. The highest BCUT2D eigenvalue weighted by Gasteiger charge is 2.15. The third kappa shape index (κ3) is 3.80. The van der Waals surface area contributed by atoms with Crippen molar-refractivity contribution in [2.45, 2.75) is 13.5 Å². The molecule has 2 N–H and O–H groups in total. The lowest BCUT2D eigenvalue weighted by molar-refractivity contribution is 0.0693. The molecule has 0 amide bonds. The Labute approximate surface area is 146 Å². The van der Waals surface area contributed by atoms with Crippen LogP contribution in [0.3, 0.4) is 0 Å². The van der Waals surface area contributed by atoms with Crippen LogP contribution in [0.5, 0.6) is 11.5 Å². The molecule has 126 valence electrons. The molecule has 0 saturated carbocycles. The monoisotopic (exact) mass is 334 g/mol. The summed E-state index contributed by atoms with van der Waals surface area (Å²) in [6, 6.07) is 20.8. The Morgan fingerprint density at radius 2 is 1.60 bits per heavy atom. The summed E-state index contributed by atoms with van der Waals surface area (Å²) in [5.41, 5.74) is 3.30. The van der Waals surface area contributed by atoms with Gasteiger partial charge in [0.25, 0.3) is 0 Å². The van der Waals surface area contributed by atoms with E-state index in [1.54, 1.807) is 13.0 Å². The number of carboxylic acids is 1. The number of phenols is 1. The van der Waals surface area contributed by atoms with E-state index in [1.165, 1.54) is 6.07 Å². The molecule has 0 aliphatic heterocycles. The van der Waals surface area contributed by atoms with Crippen molar-refractivity contribution >= 4 is 5.97 Å². The highest BCUT2D eigenvalue weighted by Crippen LogP contribution is 2.27. The summed E-state index contributed by atoms with van der Waals surface area (Å²) in [7, 11) is 0.